The van der Waals surface area contributed by atoms with Gasteiger partial charge >= 0.3 is 0 Å². The van der Waals surface area contributed by atoms with Gasteiger partial charge in [0.15, 0.2) is 0 Å². The van der Waals surface area contributed by atoms with Gasteiger partial charge in [-0.25, -0.2) is 0 Å². The standard InChI is InChI=1S/C13H15N3O3/c1-2-9(17)7-15-12-3-4-13(16(18)19)11-8-14-6-5-10(11)12/h3-6,8-9,15,17H,2,7H2,1H3. The number of nitro benzene ring substituents is 1. The zero-order valence-corrected chi connectivity index (χ0v) is 10.5. The average Bonchev–Trinajstić information content (AvgIpc) is 2.43. The Balaban J connectivity index is 2.41. The lowest BCUT2D eigenvalue weighted by Crippen LogP contribution is -2.18. The van der Waals surface area contributed by atoms with Gasteiger partial charge in [-0.15, -0.1) is 0 Å². The smallest absolute Gasteiger partial charge is 0.278 e. The number of aliphatic hydroxyl groups is 1. The Labute approximate surface area is 110 Å². The highest BCUT2D eigenvalue weighted by molar-refractivity contribution is 5.99. The minimum absolute atomic E-state index is 0.0321. The first kappa shape index (κ1) is 13.2. The lowest BCUT2D eigenvalue weighted by Gasteiger charge is -2.12. The van der Waals surface area contributed by atoms with Crippen molar-refractivity contribution in [2.45, 2.75) is 19.4 Å². The summed E-state index contributed by atoms with van der Waals surface area (Å²) in [5.41, 5.74) is 0.792. The van der Waals surface area contributed by atoms with Gasteiger partial charge in [0.25, 0.3) is 5.69 Å². The zero-order valence-electron chi connectivity index (χ0n) is 10.5. The van der Waals surface area contributed by atoms with E-state index in [-0.39, 0.29) is 5.69 Å². The molecular formula is C13H15N3O3. The number of hydrogen-bond acceptors (Lipinski definition) is 5. The Morgan fingerprint density at radius 3 is 2.89 bits per heavy atom. The molecule has 0 fully saturated rings. The molecule has 2 rings (SSSR count). The van der Waals surface area contributed by atoms with Crippen molar-refractivity contribution >= 4 is 22.1 Å². The minimum atomic E-state index is -0.438. The summed E-state index contributed by atoms with van der Waals surface area (Å²) in [5.74, 6) is 0. The van der Waals surface area contributed by atoms with Gasteiger partial charge in [-0.3, -0.25) is 15.1 Å². The van der Waals surface area contributed by atoms with Gasteiger partial charge in [0.2, 0.25) is 0 Å². The highest BCUT2D eigenvalue weighted by Gasteiger charge is 2.14. The summed E-state index contributed by atoms with van der Waals surface area (Å²) in [5, 5.41) is 24.8. The first-order chi connectivity index (χ1) is 9.13. The maximum absolute atomic E-state index is 11.0. The SMILES string of the molecule is CCC(O)CNc1ccc([N+](=O)[O-])c2cnccc12. The molecule has 0 aliphatic heterocycles. The van der Waals surface area contributed by atoms with Crippen LogP contribution in [0.2, 0.25) is 0 Å². The molecule has 0 bridgehead atoms. The topological polar surface area (TPSA) is 88.3 Å². The molecule has 6 nitrogen and oxygen atoms in total. The molecule has 1 heterocycles. The van der Waals surface area contributed by atoms with Crippen LogP contribution < -0.4 is 5.32 Å². The number of nitrogens with zero attached hydrogens (tertiary/aromatic N) is 2. The van der Waals surface area contributed by atoms with Crippen LogP contribution in [0.3, 0.4) is 0 Å². The van der Waals surface area contributed by atoms with Crippen molar-refractivity contribution in [1.29, 1.82) is 0 Å². The minimum Gasteiger partial charge on any atom is -0.391 e. The fourth-order valence-electron chi connectivity index (χ4n) is 1.86. The summed E-state index contributed by atoms with van der Waals surface area (Å²) in [6.45, 7) is 2.30. The predicted octanol–water partition coefficient (Wildman–Crippen LogP) is 2.33. The molecule has 1 aromatic heterocycles. The van der Waals surface area contributed by atoms with Crippen molar-refractivity contribution < 1.29 is 10.0 Å². The molecule has 100 valence electrons. The van der Waals surface area contributed by atoms with E-state index < -0.39 is 11.0 Å². The Morgan fingerprint density at radius 2 is 2.21 bits per heavy atom. The average molecular weight is 261 g/mol. The highest BCUT2D eigenvalue weighted by atomic mass is 16.6. The van der Waals surface area contributed by atoms with Crippen molar-refractivity contribution in [1.82, 2.24) is 4.98 Å². The van der Waals surface area contributed by atoms with Gasteiger partial charge in [-0.1, -0.05) is 6.92 Å². The predicted molar refractivity (Wildman–Crippen MR) is 73.2 cm³/mol. The zero-order chi connectivity index (χ0) is 13.8. The third-order valence-electron chi connectivity index (χ3n) is 2.99. The molecule has 0 saturated heterocycles. The molecule has 1 aromatic carbocycles. The quantitative estimate of drug-likeness (QED) is 0.637. The molecule has 0 aliphatic rings. The van der Waals surface area contributed by atoms with Crippen LogP contribution >= 0.6 is 0 Å². The summed E-state index contributed by atoms with van der Waals surface area (Å²) in [7, 11) is 0. The summed E-state index contributed by atoms with van der Waals surface area (Å²) in [6, 6.07) is 4.83. The second kappa shape index (κ2) is 5.62. The number of rotatable bonds is 5. The number of benzene rings is 1. The van der Waals surface area contributed by atoms with Crippen LogP contribution in [0.15, 0.2) is 30.6 Å². The van der Waals surface area contributed by atoms with E-state index in [0.717, 1.165) is 11.1 Å². The van der Waals surface area contributed by atoms with Gasteiger partial charge in [-0.05, 0) is 18.6 Å². The number of hydrogen-bond donors (Lipinski definition) is 2. The van der Waals surface area contributed by atoms with E-state index in [1.807, 2.05) is 6.92 Å². The lowest BCUT2D eigenvalue weighted by molar-refractivity contribution is -0.383. The van der Waals surface area contributed by atoms with Crippen molar-refractivity contribution in [2.24, 2.45) is 0 Å². The fraction of sp³-hybridized carbons (Fsp3) is 0.308. The van der Waals surface area contributed by atoms with E-state index in [1.165, 1.54) is 12.3 Å². The Kier molecular flexibility index (Phi) is 3.91. The van der Waals surface area contributed by atoms with Crippen LogP contribution in [0.1, 0.15) is 13.3 Å². The van der Waals surface area contributed by atoms with Gasteiger partial charge in [0.1, 0.15) is 0 Å². The maximum Gasteiger partial charge on any atom is 0.278 e. The number of pyridine rings is 1. The second-order valence-electron chi connectivity index (χ2n) is 4.25. The van der Waals surface area contributed by atoms with Crippen LogP contribution in [0.4, 0.5) is 11.4 Å². The number of nitrogens with one attached hydrogen (secondary N) is 1. The van der Waals surface area contributed by atoms with E-state index in [9.17, 15) is 15.2 Å². The molecule has 1 unspecified atom stereocenters. The Bertz CT molecular complexity index is 601. The molecule has 2 N–H and O–H groups in total. The maximum atomic E-state index is 11.0. The van der Waals surface area contributed by atoms with Gasteiger partial charge in [-0.2, -0.15) is 0 Å². The molecule has 19 heavy (non-hydrogen) atoms. The van der Waals surface area contributed by atoms with E-state index in [0.29, 0.717) is 18.4 Å². The third kappa shape index (κ3) is 2.79. The van der Waals surface area contributed by atoms with Crippen molar-refractivity contribution in [2.75, 3.05) is 11.9 Å². The van der Waals surface area contributed by atoms with Crippen molar-refractivity contribution in [3.63, 3.8) is 0 Å². The van der Waals surface area contributed by atoms with Crippen LogP contribution in [-0.2, 0) is 0 Å². The summed E-state index contributed by atoms with van der Waals surface area (Å²) in [6.07, 6.45) is 3.29. The molecule has 6 heteroatoms. The van der Waals surface area contributed by atoms with Gasteiger partial charge in [0.05, 0.1) is 16.4 Å². The highest BCUT2D eigenvalue weighted by Crippen LogP contribution is 2.30. The van der Waals surface area contributed by atoms with E-state index in [4.69, 9.17) is 0 Å². The van der Waals surface area contributed by atoms with Crippen LogP contribution in [0.25, 0.3) is 10.8 Å². The van der Waals surface area contributed by atoms with Crippen molar-refractivity contribution in [3.05, 3.63) is 40.7 Å². The van der Waals surface area contributed by atoms with Crippen LogP contribution in [0, 0.1) is 10.1 Å². The first-order valence-electron chi connectivity index (χ1n) is 6.06. The largest absolute Gasteiger partial charge is 0.391 e. The van der Waals surface area contributed by atoms with Gasteiger partial charge < -0.3 is 10.4 Å². The monoisotopic (exact) mass is 261 g/mol. The number of fused-ring (bicyclic) bond motifs is 1. The number of anilines is 1. The van der Waals surface area contributed by atoms with Gasteiger partial charge in [0, 0.05) is 36.1 Å². The molecule has 0 spiro atoms. The molecule has 0 saturated carbocycles. The normalized spacial score (nSPS) is 12.3. The molecule has 1 atom stereocenters. The van der Waals surface area contributed by atoms with Crippen LogP contribution in [0.5, 0.6) is 0 Å². The molecule has 0 amide bonds. The number of nitro groups is 1. The second-order valence-corrected chi connectivity index (χ2v) is 4.25. The number of aliphatic hydroxyl groups excluding tert-OH is 1. The third-order valence-corrected chi connectivity index (χ3v) is 2.99. The fourth-order valence-corrected chi connectivity index (χ4v) is 1.86. The Morgan fingerprint density at radius 1 is 1.42 bits per heavy atom. The van der Waals surface area contributed by atoms with E-state index >= 15 is 0 Å². The molecular weight excluding hydrogens is 246 g/mol. The first-order valence-corrected chi connectivity index (χ1v) is 6.06. The summed E-state index contributed by atoms with van der Waals surface area (Å²) >= 11 is 0. The Hall–Kier alpha value is -2.21. The summed E-state index contributed by atoms with van der Waals surface area (Å²) < 4.78 is 0. The van der Waals surface area contributed by atoms with Crippen molar-refractivity contribution in [3.8, 4) is 0 Å². The lowest BCUT2D eigenvalue weighted by atomic mass is 10.1. The summed E-state index contributed by atoms with van der Waals surface area (Å²) in [4.78, 5) is 14.5. The molecule has 0 radical (unpaired) electrons. The number of aromatic nitrogens is 1. The van der Waals surface area contributed by atoms with Crippen LogP contribution in [-0.4, -0.2) is 27.7 Å². The molecule has 2 aromatic rings. The van der Waals surface area contributed by atoms with E-state index in [1.54, 1.807) is 18.3 Å². The molecule has 0 aliphatic carbocycles. The number of non-ortho nitro benzene ring substituents is 1. The van der Waals surface area contributed by atoms with E-state index in [2.05, 4.69) is 10.3 Å².